The van der Waals surface area contributed by atoms with Gasteiger partial charge in [-0.25, -0.2) is 4.99 Å². The second-order valence-electron chi connectivity index (χ2n) is 6.39. The van der Waals surface area contributed by atoms with Gasteiger partial charge in [0.2, 0.25) is 5.91 Å². The molecule has 8 heteroatoms. The lowest BCUT2D eigenvalue weighted by Crippen LogP contribution is -2.37. The van der Waals surface area contributed by atoms with Crippen LogP contribution in [0.1, 0.15) is 19.8 Å². The van der Waals surface area contributed by atoms with Gasteiger partial charge in [-0.15, -0.1) is 0 Å². The number of benzene rings is 1. The maximum atomic E-state index is 11.9. The number of methoxy groups -OCH3 is 1. The molecular weight excluding hydrogens is 348 g/mol. The van der Waals surface area contributed by atoms with Gasteiger partial charge >= 0.3 is 0 Å². The van der Waals surface area contributed by atoms with E-state index in [2.05, 4.69) is 15.6 Å². The van der Waals surface area contributed by atoms with Crippen molar-refractivity contribution in [1.29, 1.82) is 0 Å². The van der Waals surface area contributed by atoms with Gasteiger partial charge in [-0.05, 0) is 31.9 Å². The fraction of sp³-hybridized carbons (Fsp3) is 0.579. The van der Waals surface area contributed by atoms with Crippen LogP contribution in [0.5, 0.6) is 11.5 Å². The molecule has 1 fully saturated rings. The Labute approximate surface area is 160 Å². The third kappa shape index (κ3) is 6.63. The Morgan fingerprint density at radius 3 is 2.81 bits per heavy atom. The van der Waals surface area contributed by atoms with Crippen LogP contribution in [0.25, 0.3) is 0 Å². The lowest BCUT2D eigenvalue weighted by Gasteiger charge is -2.17. The van der Waals surface area contributed by atoms with Gasteiger partial charge in [0.25, 0.3) is 0 Å². The summed E-state index contributed by atoms with van der Waals surface area (Å²) in [5.74, 6) is 1.76. The van der Waals surface area contributed by atoms with Crippen LogP contribution in [0.2, 0.25) is 0 Å². The zero-order valence-electron chi connectivity index (χ0n) is 16.6. The lowest BCUT2D eigenvalue weighted by atomic mass is 10.2. The van der Waals surface area contributed by atoms with Gasteiger partial charge in [0.1, 0.15) is 6.54 Å². The Hall–Kier alpha value is -2.48. The Balaban J connectivity index is 2.09. The number of ether oxygens (including phenoxy) is 3. The van der Waals surface area contributed by atoms with Crippen LogP contribution < -0.4 is 20.1 Å². The predicted octanol–water partition coefficient (Wildman–Crippen LogP) is 1.72. The highest BCUT2D eigenvalue weighted by Crippen LogP contribution is 2.30. The average Bonchev–Trinajstić information content (AvgIpc) is 3.18. The van der Waals surface area contributed by atoms with Crippen molar-refractivity contribution in [3.63, 3.8) is 0 Å². The SMILES string of the molecule is CCOc1ccc(NC(=NCC(=O)N(C)C)NCC2CCCO2)cc1OC. The minimum atomic E-state index is -0.0718. The number of carbonyl (C=O) groups excluding carboxylic acids is 1. The highest BCUT2D eigenvalue weighted by molar-refractivity contribution is 5.95. The molecule has 0 radical (unpaired) electrons. The van der Waals surface area contributed by atoms with Crippen molar-refractivity contribution in [2.24, 2.45) is 4.99 Å². The molecule has 2 rings (SSSR count). The summed E-state index contributed by atoms with van der Waals surface area (Å²) in [7, 11) is 5.02. The van der Waals surface area contributed by atoms with Crippen molar-refractivity contribution in [1.82, 2.24) is 10.2 Å². The van der Waals surface area contributed by atoms with Gasteiger partial charge in [-0.3, -0.25) is 4.79 Å². The first-order chi connectivity index (χ1) is 13.0. The van der Waals surface area contributed by atoms with Gasteiger partial charge in [0.15, 0.2) is 17.5 Å². The molecule has 1 amide bonds. The summed E-state index contributed by atoms with van der Waals surface area (Å²) in [5.41, 5.74) is 0.784. The van der Waals surface area contributed by atoms with Crippen molar-refractivity contribution >= 4 is 17.6 Å². The molecule has 1 unspecified atom stereocenters. The molecule has 1 aliphatic rings. The number of likely N-dealkylation sites (N-methyl/N-ethyl adjacent to an activating group) is 1. The van der Waals surface area contributed by atoms with E-state index in [1.807, 2.05) is 25.1 Å². The van der Waals surface area contributed by atoms with E-state index < -0.39 is 0 Å². The highest BCUT2D eigenvalue weighted by Gasteiger charge is 2.16. The van der Waals surface area contributed by atoms with Crippen LogP contribution in [-0.4, -0.2) is 70.4 Å². The van der Waals surface area contributed by atoms with Gasteiger partial charge in [0, 0.05) is 39.0 Å². The predicted molar refractivity (Wildman–Crippen MR) is 106 cm³/mol. The molecule has 2 N–H and O–H groups in total. The molecule has 0 aliphatic carbocycles. The van der Waals surface area contributed by atoms with Crippen LogP contribution in [0.3, 0.4) is 0 Å². The zero-order chi connectivity index (χ0) is 19.6. The van der Waals surface area contributed by atoms with E-state index in [4.69, 9.17) is 14.2 Å². The minimum Gasteiger partial charge on any atom is -0.493 e. The second-order valence-corrected chi connectivity index (χ2v) is 6.39. The summed E-state index contributed by atoms with van der Waals surface area (Å²) in [6.07, 6.45) is 2.26. The molecule has 1 atom stereocenters. The van der Waals surface area contributed by atoms with Crippen molar-refractivity contribution < 1.29 is 19.0 Å². The normalized spacial score (nSPS) is 16.7. The molecule has 1 aromatic rings. The summed E-state index contributed by atoms with van der Waals surface area (Å²) in [6, 6.07) is 5.56. The summed E-state index contributed by atoms with van der Waals surface area (Å²) in [6.45, 7) is 3.97. The Kier molecular flexibility index (Phi) is 8.19. The number of guanidine groups is 1. The first kappa shape index (κ1) is 20.8. The van der Waals surface area contributed by atoms with Crippen LogP contribution in [-0.2, 0) is 9.53 Å². The Morgan fingerprint density at radius 2 is 2.19 bits per heavy atom. The molecule has 0 bridgehead atoms. The van der Waals surface area contributed by atoms with Crippen LogP contribution in [0, 0.1) is 0 Å². The second kappa shape index (κ2) is 10.6. The van der Waals surface area contributed by atoms with E-state index >= 15 is 0 Å². The molecule has 27 heavy (non-hydrogen) atoms. The fourth-order valence-corrected chi connectivity index (χ4v) is 2.60. The number of nitrogens with one attached hydrogen (secondary N) is 2. The number of hydrogen-bond donors (Lipinski definition) is 2. The fourth-order valence-electron chi connectivity index (χ4n) is 2.60. The third-order valence-corrected chi connectivity index (χ3v) is 4.12. The van der Waals surface area contributed by atoms with E-state index in [1.165, 1.54) is 4.90 Å². The number of amides is 1. The Bertz CT molecular complexity index is 643. The molecular formula is C19H30N4O4. The average molecular weight is 378 g/mol. The van der Waals surface area contributed by atoms with Crippen LogP contribution >= 0.6 is 0 Å². The summed E-state index contributed by atoms with van der Waals surface area (Å²) >= 11 is 0. The largest absolute Gasteiger partial charge is 0.493 e. The van der Waals surface area contributed by atoms with E-state index in [0.717, 1.165) is 25.1 Å². The Morgan fingerprint density at radius 1 is 1.37 bits per heavy atom. The molecule has 0 saturated carbocycles. The first-order valence-electron chi connectivity index (χ1n) is 9.21. The molecule has 150 valence electrons. The maximum Gasteiger partial charge on any atom is 0.243 e. The molecule has 1 saturated heterocycles. The standard InChI is InChI=1S/C19H30N4O4/c1-5-26-16-9-8-14(11-17(16)25-4)22-19(21-13-18(24)23(2)3)20-12-15-7-6-10-27-15/h8-9,11,15H,5-7,10,12-13H2,1-4H3,(H2,20,21,22). The van der Waals surface area contributed by atoms with Crippen LogP contribution in [0.15, 0.2) is 23.2 Å². The number of anilines is 1. The van der Waals surface area contributed by atoms with Gasteiger partial charge < -0.3 is 29.7 Å². The van der Waals surface area contributed by atoms with Gasteiger partial charge in [-0.1, -0.05) is 0 Å². The van der Waals surface area contributed by atoms with E-state index in [1.54, 1.807) is 21.2 Å². The van der Waals surface area contributed by atoms with Gasteiger partial charge in [0.05, 0.1) is 19.8 Å². The molecule has 0 aromatic heterocycles. The van der Waals surface area contributed by atoms with Gasteiger partial charge in [-0.2, -0.15) is 0 Å². The summed E-state index contributed by atoms with van der Waals surface area (Å²) in [4.78, 5) is 17.8. The molecule has 1 aliphatic heterocycles. The summed E-state index contributed by atoms with van der Waals surface area (Å²) in [5, 5.41) is 6.47. The lowest BCUT2D eigenvalue weighted by molar-refractivity contribution is -0.127. The summed E-state index contributed by atoms with van der Waals surface area (Å²) < 4.78 is 16.6. The number of aliphatic imine (C=N–C) groups is 1. The van der Waals surface area contributed by atoms with Crippen molar-refractivity contribution in [2.75, 3.05) is 52.8 Å². The maximum absolute atomic E-state index is 11.9. The minimum absolute atomic E-state index is 0.0576. The monoisotopic (exact) mass is 378 g/mol. The van der Waals surface area contributed by atoms with Crippen LogP contribution in [0.4, 0.5) is 5.69 Å². The molecule has 8 nitrogen and oxygen atoms in total. The van der Waals surface area contributed by atoms with E-state index in [0.29, 0.717) is 30.6 Å². The third-order valence-electron chi connectivity index (χ3n) is 4.12. The number of nitrogens with zero attached hydrogens (tertiary/aromatic N) is 2. The number of carbonyl (C=O) groups is 1. The number of hydrogen-bond acceptors (Lipinski definition) is 5. The first-order valence-corrected chi connectivity index (χ1v) is 9.21. The molecule has 1 heterocycles. The molecule has 0 spiro atoms. The van der Waals surface area contributed by atoms with E-state index in [-0.39, 0.29) is 18.6 Å². The highest BCUT2D eigenvalue weighted by atomic mass is 16.5. The van der Waals surface area contributed by atoms with Crippen molar-refractivity contribution in [3.05, 3.63) is 18.2 Å². The topological polar surface area (TPSA) is 84.4 Å². The van der Waals surface area contributed by atoms with E-state index in [9.17, 15) is 4.79 Å². The smallest absolute Gasteiger partial charge is 0.243 e. The zero-order valence-corrected chi connectivity index (χ0v) is 16.6. The van der Waals surface area contributed by atoms with Crippen molar-refractivity contribution in [2.45, 2.75) is 25.9 Å². The molecule has 1 aromatic carbocycles. The quantitative estimate of drug-likeness (QED) is 0.529. The van der Waals surface area contributed by atoms with Crippen molar-refractivity contribution in [3.8, 4) is 11.5 Å². The number of rotatable bonds is 8.